The number of nitrogens with zero attached hydrogens (tertiary/aromatic N) is 6. The first-order chi connectivity index (χ1) is 20.2. The molecule has 5 rings (SSSR count). The van der Waals surface area contributed by atoms with E-state index in [9.17, 15) is 14.0 Å². The topological polar surface area (TPSA) is 117 Å². The fraction of sp³-hybridized carbons (Fsp3) is 0.548. The van der Waals surface area contributed by atoms with Crippen molar-refractivity contribution >= 4 is 11.5 Å². The van der Waals surface area contributed by atoms with Crippen LogP contribution in [0.3, 0.4) is 0 Å². The van der Waals surface area contributed by atoms with Gasteiger partial charge < -0.3 is 24.8 Å². The standard InChI is InChI=1S/C31H39F2N7O2/c1-4-6-10-22-28(38-42-29(22)27-20(5-2)11-12-24(35)23(27)17-34)30-36-25(40-15-8-13-31(32,33)19-40)16-26(37-30)41-18-21-9-7-14-39(21)3/h11-12,16,21H,4-10,13-15,18-19,35H2,1-3H3. The minimum Gasteiger partial charge on any atom is -0.476 e. The maximum atomic E-state index is 14.4. The van der Waals surface area contributed by atoms with Gasteiger partial charge in [-0.05, 0) is 63.7 Å². The molecule has 9 nitrogen and oxygen atoms in total. The number of hydrogen-bond donors (Lipinski definition) is 1. The number of unbranched alkanes of at least 4 members (excludes halogenated alkanes) is 1. The Morgan fingerprint density at radius 2 is 2.05 bits per heavy atom. The van der Waals surface area contributed by atoms with E-state index in [1.165, 1.54) is 0 Å². The van der Waals surface area contributed by atoms with Gasteiger partial charge in [0.25, 0.3) is 5.92 Å². The summed E-state index contributed by atoms with van der Waals surface area (Å²) < 4.78 is 41.0. The normalized spacial score (nSPS) is 18.8. The molecule has 2 N–H and O–H groups in total. The van der Waals surface area contributed by atoms with Crippen molar-refractivity contribution in [3.63, 3.8) is 0 Å². The van der Waals surface area contributed by atoms with Crippen LogP contribution in [0.25, 0.3) is 22.8 Å². The lowest BCUT2D eigenvalue weighted by Gasteiger charge is -2.33. The van der Waals surface area contributed by atoms with Crippen molar-refractivity contribution in [2.45, 2.75) is 77.2 Å². The van der Waals surface area contributed by atoms with Crippen molar-refractivity contribution < 1.29 is 18.0 Å². The molecular weight excluding hydrogens is 540 g/mol. The van der Waals surface area contributed by atoms with Gasteiger partial charge in [0.15, 0.2) is 17.3 Å². The Hall–Kier alpha value is -3.78. The molecule has 1 unspecified atom stereocenters. The van der Waals surface area contributed by atoms with E-state index in [4.69, 9.17) is 25.0 Å². The van der Waals surface area contributed by atoms with E-state index < -0.39 is 12.5 Å². The van der Waals surface area contributed by atoms with Crippen LogP contribution in [0.5, 0.6) is 5.88 Å². The van der Waals surface area contributed by atoms with E-state index in [2.05, 4.69) is 30.1 Å². The number of ether oxygens (including phenoxy) is 1. The molecule has 2 aliphatic heterocycles. The summed E-state index contributed by atoms with van der Waals surface area (Å²) >= 11 is 0. The maximum absolute atomic E-state index is 14.4. The van der Waals surface area contributed by atoms with E-state index in [1.807, 2.05) is 13.0 Å². The Morgan fingerprint density at radius 1 is 1.21 bits per heavy atom. The molecule has 1 aromatic carbocycles. The highest BCUT2D eigenvalue weighted by Gasteiger charge is 2.36. The highest BCUT2D eigenvalue weighted by atomic mass is 19.3. The molecule has 0 amide bonds. The number of halogens is 2. The third-order valence-corrected chi connectivity index (χ3v) is 8.32. The number of piperidine rings is 1. The summed E-state index contributed by atoms with van der Waals surface area (Å²) in [5.41, 5.74) is 9.62. The minimum atomic E-state index is -2.80. The van der Waals surface area contributed by atoms with Crippen molar-refractivity contribution in [3.8, 4) is 34.8 Å². The van der Waals surface area contributed by atoms with Crippen molar-refractivity contribution in [1.82, 2.24) is 20.0 Å². The first-order valence-corrected chi connectivity index (χ1v) is 14.9. The molecule has 0 spiro atoms. The molecule has 2 fully saturated rings. The number of nitrogens with two attached hydrogens (primary N) is 1. The highest BCUT2D eigenvalue weighted by molar-refractivity contribution is 5.81. The zero-order valence-corrected chi connectivity index (χ0v) is 24.6. The van der Waals surface area contributed by atoms with Crippen molar-refractivity contribution in [1.29, 1.82) is 5.26 Å². The van der Waals surface area contributed by atoms with E-state index in [0.717, 1.165) is 43.4 Å². The average molecular weight is 580 g/mol. The molecule has 11 heteroatoms. The van der Waals surface area contributed by atoms with Gasteiger partial charge in [0.2, 0.25) is 5.88 Å². The van der Waals surface area contributed by atoms with Crippen LogP contribution in [0.4, 0.5) is 20.3 Å². The molecule has 42 heavy (non-hydrogen) atoms. The lowest BCUT2D eigenvalue weighted by atomic mass is 9.92. The fourth-order valence-electron chi connectivity index (χ4n) is 5.89. The molecule has 0 radical (unpaired) electrons. The number of hydrogen-bond acceptors (Lipinski definition) is 9. The fourth-order valence-corrected chi connectivity index (χ4v) is 5.89. The number of rotatable bonds is 10. The van der Waals surface area contributed by atoms with Gasteiger partial charge in [0.05, 0.1) is 17.8 Å². The van der Waals surface area contributed by atoms with Crippen molar-refractivity contribution in [2.24, 2.45) is 0 Å². The maximum Gasteiger partial charge on any atom is 0.265 e. The smallest absolute Gasteiger partial charge is 0.265 e. The van der Waals surface area contributed by atoms with Crippen LogP contribution in [0.1, 0.15) is 69.1 Å². The summed E-state index contributed by atoms with van der Waals surface area (Å²) in [6, 6.07) is 7.77. The van der Waals surface area contributed by atoms with Gasteiger partial charge in [-0.1, -0.05) is 31.5 Å². The van der Waals surface area contributed by atoms with Gasteiger partial charge >= 0.3 is 0 Å². The van der Waals surface area contributed by atoms with Crippen molar-refractivity contribution in [2.75, 3.05) is 43.9 Å². The first-order valence-electron chi connectivity index (χ1n) is 14.9. The lowest BCUT2D eigenvalue weighted by Crippen LogP contribution is -2.43. The second kappa shape index (κ2) is 12.6. The number of aromatic nitrogens is 3. The summed E-state index contributed by atoms with van der Waals surface area (Å²) in [6.07, 6.45) is 5.36. The first kappa shape index (κ1) is 29.7. The van der Waals surface area contributed by atoms with Gasteiger partial charge in [0, 0.05) is 36.2 Å². The Morgan fingerprint density at radius 3 is 2.74 bits per heavy atom. The summed E-state index contributed by atoms with van der Waals surface area (Å²) in [4.78, 5) is 13.3. The number of likely N-dealkylation sites (N-methyl/N-ethyl adjacent to an activating group) is 1. The van der Waals surface area contributed by atoms with Gasteiger partial charge in [-0.15, -0.1) is 0 Å². The predicted octanol–water partition coefficient (Wildman–Crippen LogP) is 5.87. The Labute approximate surface area is 245 Å². The summed E-state index contributed by atoms with van der Waals surface area (Å²) in [5.74, 6) is -1.41. The van der Waals surface area contributed by atoms with E-state index in [0.29, 0.717) is 72.4 Å². The number of likely N-dealkylation sites (tertiary alicyclic amines) is 1. The number of alkyl halides is 2. The number of anilines is 2. The van der Waals surface area contributed by atoms with Crippen LogP contribution in [-0.4, -0.2) is 65.3 Å². The number of benzene rings is 1. The second-order valence-corrected chi connectivity index (χ2v) is 11.3. The second-order valence-electron chi connectivity index (χ2n) is 11.3. The van der Waals surface area contributed by atoms with E-state index >= 15 is 0 Å². The number of nitrogen functional groups attached to an aromatic ring is 1. The van der Waals surface area contributed by atoms with Crippen LogP contribution in [-0.2, 0) is 12.8 Å². The Balaban J connectivity index is 1.61. The number of nitriles is 1. The molecule has 3 aromatic rings. The largest absolute Gasteiger partial charge is 0.476 e. The van der Waals surface area contributed by atoms with Crippen LogP contribution in [0, 0.1) is 11.3 Å². The predicted molar refractivity (Wildman–Crippen MR) is 158 cm³/mol. The van der Waals surface area contributed by atoms with Gasteiger partial charge in [-0.3, -0.25) is 0 Å². The molecule has 1 atom stereocenters. The van der Waals surface area contributed by atoms with Gasteiger partial charge in [0.1, 0.15) is 18.5 Å². The lowest BCUT2D eigenvalue weighted by molar-refractivity contribution is -0.0118. The molecule has 0 bridgehead atoms. The summed E-state index contributed by atoms with van der Waals surface area (Å²) in [5, 5.41) is 14.4. The molecule has 0 aliphatic carbocycles. The minimum absolute atomic E-state index is 0.145. The molecule has 224 valence electrons. The zero-order chi connectivity index (χ0) is 29.9. The SMILES string of the molecule is CCCCc1c(-c2nc(OCC3CCCN3C)cc(N3CCCC(F)(F)C3)n2)noc1-c1c(CC)ccc(N)c1C#N. The Bertz CT molecular complexity index is 1450. The van der Waals surface area contributed by atoms with Crippen LogP contribution < -0.4 is 15.4 Å². The van der Waals surface area contributed by atoms with Crippen LogP contribution in [0.15, 0.2) is 22.7 Å². The highest BCUT2D eigenvalue weighted by Crippen LogP contribution is 2.39. The van der Waals surface area contributed by atoms with E-state index in [-0.39, 0.29) is 18.3 Å². The molecule has 2 saturated heterocycles. The van der Waals surface area contributed by atoms with Crippen LogP contribution in [0.2, 0.25) is 0 Å². The number of aryl methyl sites for hydroxylation is 1. The van der Waals surface area contributed by atoms with E-state index in [1.54, 1.807) is 17.0 Å². The zero-order valence-electron chi connectivity index (χ0n) is 24.6. The van der Waals surface area contributed by atoms with Crippen molar-refractivity contribution in [3.05, 3.63) is 34.9 Å². The quantitative estimate of drug-likeness (QED) is 0.294. The Kier molecular flexibility index (Phi) is 8.92. The third-order valence-electron chi connectivity index (χ3n) is 8.32. The summed E-state index contributed by atoms with van der Waals surface area (Å²) in [7, 11) is 2.07. The average Bonchev–Trinajstić information content (AvgIpc) is 3.59. The molecular formula is C31H39F2N7O2. The molecule has 2 aliphatic rings. The molecule has 4 heterocycles. The van der Waals surface area contributed by atoms with Crippen LogP contribution >= 0.6 is 0 Å². The molecule has 0 saturated carbocycles. The van der Waals surface area contributed by atoms with Gasteiger partial charge in [-0.25, -0.2) is 13.8 Å². The van der Waals surface area contributed by atoms with Gasteiger partial charge in [-0.2, -0.15) is 10.2 Å². The summed E-state index contributed by atoms with van der Waals surface area (Å²) in [6.45, 7) is 5.57. The molecule has 2 aromatic heterocycles. The monoisotopic (exact) mass is 579 g/mol. The third kappa shape index (κ3) is 6.19.